The van der Waals surface area contributed by atoms with Crippen LogP contribution in [-0.4, -0.2) is 17.6 Å². The van der Waals surface area contributed by atoms with E-state index < -0.39 is 8.07 Å². The summed E-state index contributed by atoms with van der Waals surface area (Å²) in [5.74, 6) is 0. The van der Waals surface area contributed by atoms with Crippen LogP contribution in [0, 0.1) is 0 Å². The molecule has 4 heteroatoms. The van der Waals surface area contributed by atoms with Gasteiger partial charge in [0.1, 0.15) is 0 Å². The maximum absolute atomic E-state index is 4.59. The predicted molar refractivity (Wildman–Crippen MR) is 268 cm³/mol. The molecule has 0 unspecified atom stereocenters. The number of rotatable bonds is 10. The van der Waals surface area contributed by atoms with E-state index in [1.165, 1.54) is 59.3 Å². The molecule has 0 saturated carbocycles. The molecule has 9 aromatic carbocycles. The summed E-state index contributed by atoms with van der Waals surface area (Å²) in [6.07, 6.45) is 3.89. The highest BCUT2D eigenvalue weighted by atomic mass is 28.3. The molecule has 0 aliphatic heterocycles. The van der Waals surface area contributed by atoms with Crippen LogP contribution in [0.15, 0.2) is 261 Å². The molecule has 0 spiro atoms. The molecule has 0 radical (unpaired) electrons. The molecule has 0 bridgehead atoms. The van der Waals surface area contributed by atoms with Crippen LogP contribution in [0.2, 0.25) is 0 Å². The van der Waals surface area contributed by atoms with Crippen LogP contribution in [0.5, 0.6) is 0 Å². The van der Waals surface area contributed by atoms with Crippen LogP contribution in [0.25, 0.3) is 49.7 Å². The molecule has 0 aliphatic rings. The van der Waals surface area contributed by atoms with E-state index in [4.69, 9.17) is 0 Å². The van der Waals surface area contributed by atoms with Crippen molar-refractivity contribution in [2.75, 3.05) is 4.90 Å². The maximum atomic E-state index is 4.59. The maximum Gasteiger partial charge on any atom is 0.179 e. The fourth-order valence-corrected chi connectivity index (χ4v) is 14.3. The van der Waals surface area contributed by atoms with Gasteiger partial charge in [0.05, 0.1) is 17.2 Å². The molecule has 11 rings (SSSR count). The lowest BCUT2D eigenvalue weighted by Crippen LogP contribution is -2.74. The standard InChI is InChI=1S/C59H43N3Si/c1-5-16-44(17-6-1)46-28-32-48(33-29-46)61(49-34-30-47(31-35-49)45-18-7-2-8-19-45)50-36-38-54(39-37-50)63(52-21-9-3-10-22-52,53-23-11-4-12-24-53)55-25-15-20-51(42-55)62-58-27-14-13-26-56(58)57-40-41-60-43-59(57)62/h1-43H. The molecular weight excluding hydrogens is 779 g/mol. The van der Waals surface area contributed by atoms with Crippen molar-refractivity contribution in [3.05, 3.63) is 261 Å². The predicted octanol–water partition coefficient (Wildman–Crippen LogP) is 12.4. The molecular formula is C59H43N3Si. The third kappa shape index (κ3) is 6.83. The number of hydrogen-bond acceptors (Lipinski definition) is 2. The van der Waals surface area contributed by atoms with Crippen molar-refractivity contribution in [2.24, 2.45) is 0 Å². The minimum atomic E-state index is -2.93. The Kier molecular flexibility index (Phi) is 9.89. The van der Waals surface area contributed by atoms with Gasteiger partial charge in [-0.25, -0.2) is 0 Å². The molecule has 298 valence electrons. The lowest BCUT2D eigenvalue weighted by Gasteiger charge is -2.35. The quantitative estimate of drug-likeness (QED) is 0.101. The van der Waals surface area contributed by atoms with Gasteiger partial charge in [-0.3, -0.25) is 4.98 Å². The first-order chi connectivity index (χ1) is 31.3. The van der Waals surface area contributed by atoms with Gasteiger partial charge in [-0.1, -0.05) is 188 Å². The van der Waals surface area contributed by atoms with Gasteiger partial charge in [0.2, 0.25) is 0 Å². The summed E-state index contributed by atoms with van der Waals surface area (Å²) in [5, 5.41) is 7.70. The second kappa shape index (κ2) is 16.4. The molecule has 3 nitrogen and oxygen atoms in total. The first-order valence-electron chi connectivity index (χ1n) is 21.5. The fraction of sp³-hybridized carbons (Fsp3) is 0. The molecule has 11 aromatic rings. The summed E-state index contributed by atoms with van der Waals surface area (Å²) in [4.78, 5) is 6.97. The van der Waals surface area contributed by atoms with Gasteiger partial charge in [0.15, 0.2) is 8.07 Å². The fourth-order valence-electron chi connectivity index (χ4n) is 9.53. The summed E-state index contributed by atoms with van der Waals surface area (Å²) < 4.78 is 2.38. The van der Waals surface area contributed by atoms with Gasteiger partial charge in [-0.2, -0.15) is 0 Å². The Morgan fingerprint density at radius 1 is 0.333 bits per heavy atom. The smallest absolute Gasteiger partial charge is 0.179 e. The number of hydrogen-bond donors (Lipinski definition) is 0. The number of nitrogens with zero attached hydrogens (tertiary/aromatic N) is 3. The highest BCUT2D eigenvalue weighted by Crippen LogP contribution is 2.37. The molecule has 0 aliphatic carbocycles. The van der Waals surface area contributed by atoms with Gasteiger partial charge in [-0.05, 0) is 104 Å². The second-order valence-corrected chi connectivity index (χ2v) is 19.8. The molecule has 0 fully saturated rings. The number of anilines is 3. The Bertz CT molecular complexity index is 3120. The van der Waals surface area contributed by atoms with E-state index in [1.807, 2.05) is 12.4 Å². The summed E-state index contributed by atoms with van der Waals surface area (Å²) in [6, 6.07) is 90.9. The SMILES string of the molecule is c1ccc(-c2ccc(N(c3ccc(-c4ccccc4)cc3)c3ccc([Si](c4ccccc4)(c4ccccc4)c4cccc(-n5c6ccccc6c6ccncc65)c4)cc3)cc2)cc1. The summed E-state index contributed by atoms with van der Waals surface area (Å²) >= 11 is 0. The van der Waals surface area contributed by atoms with E-state index in [2.05, 4.69) is 263 Å². The monoisotopic (exact) mass is 821 g/mol. The van der Waals surface area contributed by atoms with Crippen LogP contribution in [0.1, 0.15) is 0 Å². The number of fused-ring (bicyclic) bond motifs is 3. The minimum absolute atomic E-state index is 1.09. The van der Waals surface area contributed by atoms with Crippen LogP contribution in [0.4, 0.5) is 17.1 Å². The zero-order chi connectivity index (χ0) is 42.0. The van der Waals surface area contributed by atoms with Gasteiger partial charge in [0.25, 0.3) is 0 Å². The van der Waals surface area contributed by atoms with E-state index >= 15 is 0 Å². The zero-order valence-electron chi connectivity index (χ0n) is 34.7. The number of para-hydroxylation sites is 1. The Morgan fingerprint density at radius 3 is 1.32 bits per heavy atom. The van der Waals surface area contributed by atoms with Crippen molar-refractivity contribution in [3.8, 4) is 27.9 Å². The van der Waals surface area contributed by atoms with E-state index in [9.17, 15) is 0 Å². The number of benzene rings is 9. The molecule has 0 atom stereocenters. The second-order valence-electron chi connectivity index (χ2n) is 16.0. The Balaban J connectivity index is 1.08. The van der Waals surface area contributed by atoms with Gasteiger partial charge < -0.3 is 9.47 Å². The highest BCUT2D eigenvalue weighted by molar-refractivity contribution is 7.19. The third-order valence-corrected chi connectivity index (χ3v) is 17.2. The lowest BCUT2D eigenvalue weighted by molar-refractivity contribution is 1.17. The molecule has 63 heavy (non-hydrogen) atoms. The Hall–Kier alpha value is -8.05. The number of aromatic nitrogens is 2. The van der Waals surface area contributed by atoms with Crippen LogP contribution >= 0.6 is 0 Å². The molecule has 2 aromatic heterocycles. The normalized spacial score (nSPS) is 11.5. The molecule has 0 saturated heterocycles. The van der Waals surface area contributed by atoms with Crippen molar-refractivity contribution in [2.45, 2.75) is 0 Å². The highest BCUT2D eigenvalue weighted by Gasteiger charge is 2.41. The van der Waals surface area contributed by atoms with Gasteiger partial charge in [0, 0.05) is 39.7 Å². The lowest BCUT2D eigenvalue weighted by atomic mass is 10.0. The first kappa shape index (κ1) is 37.9. The van der Waals surface area contributed by atoms with Gasteiger partial charge >= 0.3 is 0 Å². The van der Waals surface area contributed by atoms with E-state index in [0.29, 0.717) is 0 Å². The van der Waals surface area contributed by atoms with Crippen LogP contribution in [0.3, 0.4) is 0 Å². The number of pyridine rings is 1. The van der Waals surface area contributed by atoms with Crippen molar-refractivity contribution in [1.82, 2.24) is 9.55 Å². The van der Waals surface area contributed by atoms with Crippen molar-refractivity contribution in [1.29, 1.82) is 0 Å². The van der Waals surface area contributed by atoms with E-state index in [-0.39, 0.29) is 0 Å². The van der Waals surface area contributed by atoms with Crippen molar-refractivity contribution in [3.63, 3.8) is 0 Å². The van der Waals surface area contributed by atoms with E-state index in [1.54, 1.807) is 0 Å². The first-order valence-corrected chi connectivity index (χ1v) is 23.5. The summed E-state index contributed by atoms with van der Waals surface area (Å²) in [7, 11) is -2.93. The van der Waals surface area contributed by atoms with E-state index in [0.717, 1.165) is 28.3 Å². The van der Waals surface area contributed by atoms with Crippen molar-refractivity contribution < 1.29 is 0 Å². The van der Waals surface area contributed by atoms with Gasteiger partial charge in [-0.15, -0.1) is 0 Å². The zero-order valence-corrected chi connectivity index (χ0v) is 35.7. The Labute approximate surface area is 369 Å². The van der Waals surface area contributed by atoms with Crippen molar-refractivity contribution >= 4 is 67.7 Å². The average molecular weight is 822 g/mol. The molecule has 0 amide bonds. The van der Waals surface area contributed by atoms with Crippen LogP contribution < -0.4 is 25.6 Å². The molecule has 2 heterocycles. The van der Waals surface area contributed by atoms with Crippen LogP contribution in [-0.2, 0) is 0 Å². The molecule has 0 N–H and O–H groups in total. The summed E-state index contributed by atoms with van der Waals surface area (Å²) in [6.45, 7) is 0. The third-order valence-electron chi connectivity index (χ3n) is 12.5. The minimum Gasteiger partial charge on any atom is -0.311 e. The largest absolute Gasteiger partial charge is 0.311 e. The Morgan fingerprint density at radius 2 is 0.762 bits per heavy atom. The topological polar surface area (TPSA) is 21.1 Å². The average Bonchev–Trinajstić information content (AvgIpc) is 3.71. The summed E-state index contributed by atoms with van der Waals surface area (Å²) in [5.41, 5.74) is 11.5.